The number of benzene rings is 2. The molecule has 4 aliphatic rings. The van der Waals surface area contributed by atoms with Gasteiger partial charge in [-0.15, -0.1) is 46.2 Å². The molecule has 0 aromatic heterocycles. The predicted octanol–water partition coefficient (Wildman–Crippen LogP) is 12.4. The number of hydrogen-bond donors (Lipinski definition) is 0. The Kier molecular flexibility index (Phi) is 9.22. The number of hydrogen-bond acceptors (Lipinski definition) is 0. The van der Waals surface area contributed by atoms with E-state index < -0.39 is 0 Å². The van der Waals surface area contributed by atoms with Crippen molar-refractivity contribution in [3.05, 3.63) is 76.4 Å². The van der Waals surface area contributed by atoms with E-state index in [1.54, 1.807) is 49.7 Å². The molecule has 234 valence electrons. The fourth-order valence-corrected chi connectivity index (χ4v) is 8.72. The molecular formula is C43H58Zr. The standard InChI is InChI=1S/C29H37.C9H13.C5H8.Zr/c1-26(2)9-11-28(5,6)24-16-20-18(14-22(24)26)13-19-15-23-25(17-21(19)20)29(7,8)12-10-27(23,3)4;1-9(2,3)8-6-4-5-7-8;1-2-4-5-3-1;/h13-17H,9-12H2,1-8H3;6-7H,4H2,1-3H3;1-4H2;/q2*-1;;+2. The van der Waals surface area contributed by atoms with Crippen molar-refractivity contribution in [2.45, 2.75) is 156 Å². The molecule has 1 saturated carbocycles. The maximum atomic E-state index is 3.16. The second-order valence-electron chi connectivity index (χ2n) is 17.9. The van der Waals surface area contributed by atoms with Gasteiger partial charge in [0.15, 0.2) is 0 Å². The summed E-state index contributed by atoms with van der Waals surface area (Å²) in [5, 5.41) is 5.79. The predicted molar refractivity (Wildman–Crippen MR) is 191 cm³/mol. The molecule has 44 heavy (non-hydrogen) atoms. The van der Waals surface area contributed by atoms with Crippen LogP contribution >= 0.6 is 0 Å². The van der Waals surface area contributed by atoms with Crippen LogP contribution in [-0.4, -0.2) is 3.21 Å². The second-order valence-corrected chi connectivity index (χ2v) is 19.7. The third-order valence-corrected chi connectivity index (χ3v) is 12.6. The Morgan fingerprint density at radius 3 is 1.30 bits per heavy atom. The van der Waals surface area contributed by atoms with Gasteiger partial charge in [0, 0.05) is 0 Å². The second kappa shape index (κ2) is 12.0. The van der Waals surface area contributed by atoms with Gasteiger partial charge in [0.2, 0.25) is 0 Å². The molecule has 0 N–H and O–H groups in total. The van der Waals surface area contributed by atoms with Crippen LogP contribution in [0.5, 0.6) is 0 Å². The SMILES string of the molecule is CC(C)(C)C1=CC[C-]=C1.CC1(C)CCC(C)(C)c2cc3c(cc21)[cH-]c1cc2c(cc13)C(C)(C)CCC2(C)C.[Zr+2]=[C]1CCCC1. The van der Waals surface area contributed by atoms with E-state index in [9.17, 15) is 0 Å². The van der Waals surface area contributed by atoms with Crippen molar-refractivity contribution in [3.8, 4) is 0 Å². The molecule has 0 nitrogen and oxygen atoms in total. The summed E-state index contributed by atoms with van der Waals surface area (Å²) >= 11 is 1.68. The first-order valence-electron chi connectivity index (χ1n) is 17.4. The van der Waals surface area contributed by atoms with Gasteiger partial charge in [-0.3, -0.25) is 6.08 Å². The molecule has 0 spiro atoms. The minimum atomic E-state index is 0.262. The van der Waals surface area contributed by atoms with Crippen LogP contribution in [0.4, 0.5) is 0 Å². The average molecular weight is 666 g/mol. The first kappa shape index (κ1) is 33.9. The third-order valence-electron chi connectivity index (χ3n) is 11.4. The Bertz CT molecular complexity index is 1520. The summed E-state index contributed by atoms with van der Waals surface area (Å²) in [7, 11) is 0. The number of allylic oxidation sites excluding steroid dienone is 4. The molecular weight excluding hydrogens is 608 g/mol. The van der Waals surface area contributed by atoms with Crippen LogP contribution in [0.15, 0.2) is 48.1 Å². The summed E-state index contributed by atoms with van der Waals surface area (Å²) in [4.78, 5) is 0. The van der Waals surface area contributed by atoms with Gasteiger partial charge in [-0.05, 0) is 47.3 Å². The van der Waals surface area contributed by atoms with Crippen LogP contribution in [-0.2, 0) is 45.9 Å². The molecule has 3 aromatic rings. The first-order valence-corrected chi connectivity index (χ1v) is 18.6. The van der Waals surface area contributed by atoms with Crippen molar-refractivity contribution < 1.29 is 24.2 Å². The van der Waals surface area contributed by atoms with Crippen molar-refractivity contribution in [3.63, 3.8) is 0 Å². The van der Waals surface area contributed by atoms with Gasteiger partial charge in [-0.2, -0.15) is 11.6 Å². The van der Waals surface area contributed by atoms with Crippen LogP contribution in [0.1, 0.15) is 156 Å². The minimum absolute atomic E-state index is 0.262. The van der Waals surface area contributed by atoms with E-state index in [2.05, 4.69) is 125 Å². The summed E-state index contributed by atoms with van der Waals surface area (Å²) in [5.74, 6) is 0. The average Bonchev–Trinajstić information content (AvgIpc) is 3.70. The van der Waals surface area contributed by atoms with Crippen LogP contribution in [0.2, 0.25) is 0 Å². The van der Waals surface area contributed by atoms with Crippen LogP contribution in [0.25, 0.3) is 21.5 Å². The van der Waals surface area contributed by atoms with E-state index in [1.807, 2.05) is 0 Å². The molecule has 0 atom stereocenters. The summed E-state index contributed by atoms with van der Waals surface area (Å²) < 4.78 is 1.79. The molecule has 0 unspecified atom stereocenters. The zero-order chi connectivity index (χ0) is 32.3. The molecule has 0 aliphatic heterocycles. The maximum absolute atomic E-state index is 3.16. The topological polar surface area (TPSA) is 0 Å². The Morgan fingerprint density at radius 2 is 1.02 bits per heavy atom. The fourth-order valence-electron chi connectivity index (χ4n) is 7.86. The zero-order valence-electron chi connectivity index (χ0n) is 29.9. The van der Waals surface area contributed by atoms with Crippen molar-refractivity contribution in [1.29, 1.82) is 0 Å². The van der Waals surface area contributed by atoms with Crippen LogP contribution in [0.3, 0.4) is 0 Å². The van der Waals surface area contributed by atoms with E-state index in [1.165, 1.54) is 78.5 Å². The van der Waals surface area contributed by atoms with E-state index in [0.717, 1.165) is 6.42 Å². The summed E-state index contributed by atoms with van der Waals surface area (Å²) in [6.45, 7) is 26.1. The quantitative estimate of drug-likeness (QED) is 0.210. The van der Waals surface area contributed by atoms with Crippen LogP contribution < -0.4 is 0 Å². The van der Waals surface area contributed by atoms with Gasteiger partial charge in [0.1, 0.15) is 0 Å². The summed E-state index contributed by atoms with van der Waals surface area (Å²) in [5.41, 5.74) is 9.10. The van der Waals surface area contributed by atoms with E-state index in [-0.39, 0.29) is 21.7 Å². The third kappa shape index (κ3) is 6.80. The number of rotatable bonds is 0. The normalized spacial score (nSPS) is 22.5. The van der Waals surface area contributed by atoms with Gasteiger partial charge in [-0.25, -0.2) is 6.08 Å². The summed E-state index contributed by atoms with van der Waals surface area (Å²) in [6.07, 6.45) is 19.4. The van der Waals surface area contributed by atoms with Crippen molar-refractivity contribution in [1.82, 2.24) is 0 Å². The molecule has 1 fully saturated rings. The van der Waals surface area contributed by atoms with E-state index in [0.29, 0.717) is 5.41 Å². The molecule has 1 heteroatoms. The monoisotopic (exact) mass is 664 g/mol. The molecule has 0 radical (unpaired) electrons. The molecule has 0 heterocycles. The Morgan fingerprint density at radius 1 is 0.636 bits per heavy atom. The van der Waals surface area contributed by atoms with Gasteiger partial charge >= 0.3 is 53.1 Å². The van der Waals surface area contributed by atoms with Crippen molar-refractivity contribution >= 4 is 24.8 Å². The summed E-state index contributed by atoms with van der Waals surface area (Å²) in [6, 6.07) is 12.6. The Balaban J connectivity index is 0.000000209. The molecule has 7 rings (SSSR count). The molecule has 4 aliphatic carbocycles. The number of fused-ring (bicyclic) bond motifs is 5. The fraction of sp³-hybridized carbons (Fsp3) is 0.581. The first-order chi connectivity index (χ1) is 20.3. The Labute approximate surface area is 284 Å². The van der Waals surface area contributed by atoms with Crippen molar-refractivity contribution in [2.75, 3.05) is 0 Å². The molecule has 0 amide bonds. The van der Waals surface area contributed by atoms with Gasteiger partial charge in [0.25, 0.3) is 0 Å². The van der Waals surface area contributed by atoms with Crippen LogP contribution in [0, 0.1) is 11.5 Å². The van der Waals surface area contributed by atoms with Gasteiger partial charge < -0.3 is 0 Å². The van der Waals surface area contributed by atoms with Gasteiger partial charge in [-0.1, -0.05) is 116 Å². The zero-order valence-corrected chi connectivity index (χ0v) is 32.4. The molecule has 3 aromatic carbocycles. The van der Waals surface area contributed by atoms with E-state index >= 15 is 0 Å². The van der Waals surface area contributed by atoms with E-state index in [4.69, 9.17) is 0 Å². The molecule has 0 bridgehead atoms. The van der Waals surface area contributed by atoms with Crippen molar-refractivity contribution in [2.24, 2.45) is 5.41 Å². The Hall–Kier alpha value is -1.46. The van der Waals surface area contributed by atoms with Gasteiger partial charge in [0.05, 0.1) is 0 Å². The molecule has 0 saturated heterocycles.